The van der Waals surface area contributed by atoms with E-state index in [-0.39, 0.29) is 17.9 Å². The summed E-state index contributed by atoms with van der Waals surface area (Å²) in [5.41, 5.74) is 6.04. The Labute approximate surface area is 103 Å². The number of hydrogen-bond donors (Lipinski definition) is 1. The highest BCUT2D eigenvalue weighted by Gasteiger charge is 2.11. The molecule has 0 spiro atoms. The molecule has 6 heteroatoms. The average Bonchev–Trinajstić information content (AvgIpc) is 2.30. The Morgan fingerprint density at radius 1 is 1.35 bits per heavy atom. The van der Waals surface area contributed by atoms with Crippen molar-refractivity contribution < 1.29 is 19.1 Å². The highest BCUT2D eigenvalue weighted by atomic mass is 35.5. The van der Waals surface area contributed by atoms with Crippen molar-refractivity contribution in [3.8, 4) is 0 Å². The summed E-state index contributed by atoms with van der Waals surface area (Å²) in [6.07, 6.45) is 0. The number of anilines is 1. The molecule has 17 heavy (non-hydrogen) atoms. The number of benzene rings is 1. The molecule has 0 bridgehead atoms. The van der Waals surface area contributed by atoms with Crippen LogP contribution in [0.5, 0.6) is 0 Å². The summed E-state index contributed by atoms with van der Waals surface area (Å²) < 4.78 is 9.33. The van der Waals surface area contributed by atoms with Crippen LogP contribution in [0.15, 0.2) is 18.2 Å². The van der Waals surface area contributed by atoms with E-state index in [0.29, 0.717) is 5.02 Å². The van der Waals surface area contributed by atoms with E-state index in [0.717, 1.165) is 0 Å². The molecular weight excluding hydrogens is 246 g/mol. The third-order valence-electron chi connectivity index (χ3n) is 1.86. The number of nitrogen functional groups attached to an aromatic ring is 1. The summed E-state index contributed by atoms with van der Waals surface area (Å²) in [5, 5.41) is 0.354. The lowest BCUT2D eigenvalue weighted by molar-refractivity contribution is -0.146. The number of hydrogen-bond acceptors (Lipinski definition) is 5. The predicted molar refractivity (Wildman–Crippen MR) is 62.8 cm³/mol. The summed E-state index contributed by atoms with van der Waals surface area (Å²) in [7, 11) is 0. The van der Waals surface area contributed by atoms with Crippen molar-refractivity contribution in [2.75, 3.05) is 18.9 Å². The van der Waals surface area contributed by atoms with Gasteiger partial charge in [-0.3, -0.25) is 0 Å². The maximum Gasteiger partial charge on any atom is 0.344 e. The van der Waals surface area contributed by atoms with Gasteiger partial charge in [-0.15, -0.1) is 0 Å². The first-order chi connectivity index (χ1) is 8.04. The van der Waals surface area contributed by atoms with Crippen molar-refractivity contribution in [3.63, 3.8) is 0 Å². The highest BCUT2D eigenvalue weighted by Crippen LogP contribution is 2.19. The average molecular weight is 258 g/mol. The molecule has 0 aliphatic rings. The lowest BCUT2D eigenvalue weighted by atomic mass is 10.2. The molecule has 1 aromatic carbocycles. The fraction of sp³-hybridized carbons (Fsp3) is 0.273. The number of rotatable bonds is 4. The fourth-order valence-corrected chi connectivity index (χ4v) is 1.20. The second-order valence-corrected chi connectivity index (χ2v) is 3.52. The topological polar surface area (TPSA) is 78.6 Å². The van der Waals surface area contributed by atoms with Crippen molar-refractivity contribution in [2.45, 2.75) is 6.92 Å². The van der Waals surface area contributed by atoms with Crippen LogP contribution in [-0.4, -0.2) is 25.2 Å². The minimum atomic E-state index is -0.651. The zero-order valence-electron chi connectivity index (χ0n) is 9.23. The monoisotopic (exact) mass is 257 g/mol. The third kappa shape index (κ3) is 3.96. The van der Waals surface area contributed by atoms with Crippen molar-refractivity contribution in [1.29, 1.82) is 0 Å². The summed E-state index contributed by atoms with van der Waals surface area (Å²) in [6, 6.07) is 4.33. The smallest absolute Gasteiger partial charge is 0.344 e. The van der Waals surface area contributed by atoms with Gasteiger partial charge >= 0.3 is 11.9 Å². The molecule has 0 amide bonds. The molecule has 0 radical (unpaired) electrons. The molecule has 5 nitrogen and oxygen atoms in total. The van der Waals surface area contributed by atoms with Crippen LogP contribution in [-0.2, 0) is 14.3 Å². The Kier molecular flexibility index (Phi) is 4.78. The van der Waals surface area contributed by atoms with Crippen molar-refractivity contribution in [2.24, 2.45) is 0 Å². The molecule has 0 aliphatic heterocycles. The van der Waals surface area contributed by atoms with Crippen LogP contribution in [0.3, 0.4) is 0 Å². The number of nitrogens with two attached hydrogens (primary N) is 1. The van der Waals surface area contributed by atoms with Crippen LogP contribution >= 0.6 is 11.6 Å². The minimum absolute atomic E-state index is 0.233. The molecule has 0 saturated carbocycles. The van der Waals surface area contributed by atoms with Gasteiger partial charge in [0.2, 0.25) is 0 Å². The van der Waals surface area contributed by atoms with Gasteiger partial charge in [-0.2, -0.15) is 0 Å². The van der Waals surface area contributed by atoms with Gasteiger partial charge < -0.3 is 15.2 Å². The van der Waals surface area contributed by atoms with Crippen LogP contribution in [0, 0.1) is 0 Å². The Hall–Kier alpha value is -1.75. The van der Waals surface area contributed by atoms with E-state index in [4.69, 9.17) is 22.1 Å². The van der Waals surface area contributed by atoms with Gasteiger partial charge in [0, 0.05) is 0 Å². The minimum Gasteiger partial charge on any atom is -0.463 e. The Morgan fingerprint density at radius 3 is 2.65 bits per heavy atom. The third-order valence-corrected chi connectivity index (χ3v) is 2.20. The Balaban J connectivity index is 2.58. The number of ether oxygens (including phenoxy) is 2. The molecule has 0 fully saturated rings. The molecule has 2 N–H and O–H groups in total. The Morgan fingerprint density at radius 2 is 2.06 bits per heavy atom. The normalized spacial score (nSPS) is 9.76. The van der Waals surface area contributed by atoms with Gasteiger partial charge in [-0.25, -0.2) is 9.59 Å². The van der Waals surface area contributed by atoms with Crippen LogP contribution in [0.25, 0.3) is 0 Å². The largest absolute Gasteiger partial charge is 0.463 e. The van der Waals surface area contributed by atoms with Crippen molar-refractivity contribution >= 4 is 29.2 Å². The van der Waals surface area contributed by atoms with Crippen LogP contribution in [0.2, 0.25) is 5.02 Å². The van der Waals surface area contributed by atoms with Gasteiger partial charge in [0.1, 0.15) is 0 Å². The summed E-state index contributed by atoms with van der Waals surface area (Å²) in [5.74, 6) is -1.25. The molecular formula is C11H12ClNO4. The molecule has 0 heterocycles. The van der Waals surface area contributed by atoms with Crippen LogP contribution in [0.4, 0.5) is 5.69 Å². The van der Waals surface area contributed by atoms with Crippen molar-refractivity contribution in [1.82, 2.24) is 0 Å². The van der Waals surface area contributed by atoms with Gasteiger partial charge in [0.25, 0.3) is 0 Å². The zero-order valence-corrected chi connectivity index (χ0v) is 9.99. The van der Waals surface area contributed by atoms with E-state index in [1.54, 1.807) is 6.92 Å². The summed E-state index contributed by atoms with van der Waals surface area (Å²) >= 11 is 5.70. The van der Waals surface area contributed by atoms with Gasteiger partial charge in [-0.1, -0.05) is 11.6 Å². The fourth-order valence-electron chi connectivity index (χ4n) is 1.08. The van der Waals surface area contributed by atoms with Gasteiger partial charge in [0.15, 0.2) is 6.61 Å². The second kappa shape index (κ2) is 6.10. The van der Waals surface area contributed by atoms with E-state index >= 15 is 0 Å². The zero-order chi connectivity index (χ0) is 12.8. The van der Waals surface area contributed by atoms with Crippen LogP contribution in [0.1, 0.15) is 17.3 Å². The molecule has 92 valence electrons. The lowest BCUT2D eigenvalue weighted by Gasteiger charge is -2.05. The van der Waals surface area contributed by atoms with Crippen LogP contribution < -0.4 is 5.73 Å². The summed E-state index contributed by atoms with van der Waals surface area (Å²) in [6.45, 7) is 1.49. The highest BCUT2D eigenvalue weighted by molar-refractivity contribution is 6.33. The van der Waals surface area contributed by atoms with Gasteiger partial charge in [-0.05, 0) is 25.1 Å². The number of halogens is 1. The van der Waals surface area contributed by atoms with E-state index in [2.05, 4.69) is 4.74 Å². The van der Waals surface area contributed by atoms with E-state index < -0.39 is 18.5 Å². The first kappa shape index (κ1) is 13.3. The molecule has 1 aromatic rings. The van der Waals surface area contributed by atoms with E-state index in [1.165, 1.54) is 18.2 Å². The standard InChI is InChI=1S/C11H12ClNO4/c1-2-16-10(14)6-17-11(15)7-3-4-8(12)9(13)5-7/h3-5H,2,6,13H2,1H3. The molecule has 0 unspecified atom stereocenters. The quantitative estimate of drug-likeness (QED) is 0.655. The summed E-state index contributed by atoms with van der Waals surface area (Å²) in [4.78, 5) is 22.4. The van der Waals surface area contributed by atoms with Gasteiger partial charge in [0.05, 0.1) is 22.9 Å². The second-order valence-electron chi connectivity index (χ2n) is 3.12. The first-order valence-corrected chi connectivity index (χ1v) is 5.30. The molecule has 0 aromatic heterocycles. The number of esters is 2. The number of carbonyl (C=O) groups excluding carboxylic acids is 2. The van der Waals surface area contributed by atoms with E-state index in [9.17, 15) is 9.59 Å². The maximum absolute atomic E-state index is 11.5. The molecule has 0 saturated heterocycles. The van der Waals surface area contributed by atoms with E-state index in [1.807, 2.05) is 0 Å². The first-order valence-electron chi connectivity index (χ1n) is 4.92. The molecule has 1 rings (SSSR count). The van der Waals surface area contributed by atoms with Crippen molar-refractivity contribution in [3.05, 3.63) is 28.8 Å². The molecule has 0 atom stereocenters. The SMILES string of the molecule is CCOC(=O)COC(=O)c1ccc(Cl)c(N)c1. The maximum atomic E-state index is 11.5. The molecule has 0 aliphatic carbocycles. The predicted octanol–water partition coefficient (Wildman–Crippen LogP) is 1.64. The Bertz CT molecular complexity index is 433. The number of carbonyl (C=O) groups is 2. The lowest BCUT2D eigenvalue weighted by Crippen LogP contribution is -2.16.